The van der Waals surface area contributed by atoms with Gasteiger partial charge in [0.25, 0.3) is 0 Å². The quantitative estimate of drug-likeness (QED) is 0.441. The number of nitrogens with one attached hydrogen (secondary N) is 4. The molecule has 6 heteroatoms. The Balaban J connectivity index is 1.78. The highest BCUT2D eigenvalue weighted by atomic mass is 16.2. The van der Waals surface area contributed by atoms with Crippen LogP contribution in [0.4, 0.5) is 0 Å². The van der Waals surface area contributed by atoms with Gasteiger partial charge in [-0.3, -0.25) is 9.59 Å². The molecule has 6 nitrogen and oxygen atoms in total. The van der Waals surface area contributed by atoms with Crippen molar-refractivity contribution in [1.29, 1.82) is 0 Å². The molecule has 2 saturated heterocycles. The van der Waals surface area contributed by atoms with Crippen LogP contribution in [0.2, 0.25) is 0 Å². The molecular formula is C21H40N4O2. The summed E-state index contributed by atoms with van der Waals surface area (Å²) in [6, 6.07) is 0. The first-order chi connectivity index (χ1) is 13.2. The van der Waals surface area contributed by atoms with Crippen molar-refractivity contribution in [2.75, 3.05) is 39.3 Å². The van der Waals surface area contributed by atoms with Crippen LogP contribution >= 0.6 is 0 Å². The van der Waals surface area contributed by atoms with E-state index >= 15 is 0 Å². The summed E-state index contributed by atoms with van der Waals surface area (Å²) < 4.78 is 0. The Bertz CT molecular complexity index is 410. The van der Waals surface area contributed by atoms with Crippen molar-refractivity contribution in [1.82, 2.24) is 21.3 Å². The number of carbonyl (C=O) groups excluding carboxylic acids is 2. The molecule has 2 heterocycles. The van der Waals surface area contributed by atoms with Crippen LogP contribution in [0.5, 0.6) is 0 Å². The molecule has 0 bridgehead atoms. The van der Waals surface area contributed by atoms with E-state index in [0.29, 0.717) is 6.54 Å². The van der Waals surface area contributed by atoms with Gasteiger partial charge in [-0.15, -0.1) is 0 Å². The molecule has 2 rings (SSSR count). The lowest BCUT2D eigenvalue weighted by atomic mass is 9.84. The first-order valence-electron chi connectivity index (χ1n) is 11.1. The molecule has 2 aliphatic heterocycles. The molecule has 0 aromatic rings. The average molecular weight is 381 g/mol. The normalized spacial score (nSPS) is 19.2. The second-order valence-corrected chi connectivity index (χ2v) is 8.31. The summed E-state index contributed by atoms with van der Waals surface area (Å²) in [5, 5.41) is 12.5. The fraction of sp³-hybridized carbons (Fsp3) is 0.905. The molecule has 27 heavy (non-hydrogen) atoms. The summed E-state index contributed by atoms with van der Waals surface area (Å²) in [5.74, 6) is 1.53. The molecular weight excluding hydrogens is 340 g/mol. The highest BCUT2D eigenvalue weighted by Crippen LogP contribution is 2.26. The Kier molecular flexibility index (Phi) is 10.8. The number of piperidine rings is 2. The molecule has 4 N–H and O–H groups in total. The number of hydrogen-bond donors (Lipinski definition) is 4. The van der Waals surface area contributed by atoms with Gasteiger partial charge in [0.1, 0.15) is 0 Å². The van der Waals surface area contributed by atoms with Crippen LogP contribution in [-0.2, 0) is 9.59 Å². The van der Waals surface area contributed by atoms with Gasteiger partial charge < -0.3 is 21.3 Å². The highest BCUT2D eigenvalue weighted by molar-refractivity contribution is 5.85. The third kappa shape index (κ3) is 9.06. The largest absolute Gasteiger partial charge is 0.355 e. The average Bonchev–Trinajstić information content (AvgIpc) is 2.72. The smallest absolute Gasteiger partial charge is 0.239 e. The molecule has 0 aliphatic carbocycles. The van der Waals surface area contributed by atoms with E-state index < -0.39 is 0 Å². The third-order valence-corrected chi connectivity index (χ3v) is 6.13. The summed E-state index contributed by atoms with van der Waals surface area (Å²) in [6.45, 7) is 7.22. The van der Waals surface area contributed by atoms with E-state index in [-0.39, 0.29) is 24.3 Å². The molecule has 0 spiro atoms. The molecule has 2 aliphatic rings. The third-order valence-electron chi connectivity index (χ3n) is 6.13. The second-order valence-electron chi connectivity index (χ2n) is 8.31. The van der Waals surface area contributed by atoms with Crippen LogP contribution in [0.25, 0.3) is 0 Å². The lowest BCUT2D eigenvalue weighted by molar-refractivity contribution is -0.129. The first-order valence-corrected chi connectivity index (χ1v) is 11.1. The van der Waals surface area contributed by atoms with Crippen LogP contribution in [0.3, 0.4) is 0 Å². The molecule has 0 atom stereocenters. The van der Waals surface area contributed by atoms with Gasteiger partial charge in [0.05, 0.1) is 6.54 Å². The molecule has 0 aromatic heterocycles. The van der Waals surface area contributed by atoms with Crippen LogP contribution in [0.1, 0.15) is 64.7 Å². The van der Waals surface area contributed by atoms with Gasteiger partial charge in [-0.05, 0) is 95.8 Å². The summed E-state index contributed by atoms with van der Waals surface area (Å²) >= 11 is 0. The topological polar surface area (TPSA) is 82.3 Å². The van der Waals surface area contributed by atoms with E-state index in [9.17, 15) is 9.59 Å². The van der Waals surface area contributed by atoms with Crippen molar-refractivity contribution in [2.45, 2.75) is 64.7 Å². The summed E-state index contributed by atoms with van der Waals surface area (Å²) in [6.07, 6.45) is 9.99. The van der Waals surface area contributed by atoms with Gasteiger partial charge in [0, 0.05) is 12.5 Å². The molecule has 2 amide bonds. The molecule has 2 fully saturated rings. The zero-order valence-corrected chi connectivity index (χ0v) is 17.2. The van der Waals surface area contributed by atoms with Crippen molar-refractivity contribution in [2.24, 2.45) is 17.8 Å². The fourth-order valence-corrected chi connectivity index (χ4v) is 4.26. The van der Waals surface area contributed by atoms with Crippen molar-refractivity contribution in [3.05, 3.63) is 0 Å². The first kappa shape index (κ1) is 22.2. The summed E-state index contributed by atoms with van der Waals surface area (Å²) in [4.78, 5) is 24.6. The standard InChI is InChI=1S/C21H40N4O2/c1-2-11-24-20(26)16-25-21(27)19(5-3-17-7-12-22-13-8-17)6-4-18-9-14-23-15-10-18/h17-19,22-23H,2-16H2,1H3,(H,24,26)(H,25,27). The van der Waals surface area contributed by atoms with E-state index in [1.807, 2.05) is 6.92 Å². The number of amides is 2. The number of carbonyl (C=O) groups is 2. The Morgan fingerprint density at radius 2 is 1.41 bits per heavy atom. The lowest BCUT2D eigenvalue weighted by Crippen LogP contribution is -2.40. The molecule has 0 aromatic carbocycles. The Labute approximate surface area is 165 Å². The zero-order valence-electron chi connectivity index (χ0n) is 17.2. The van der Waals surface area contributed by atoms with Crippen LogP contribution in [0.15, 0.2) is 0 Å². The minimum absolute atomic E-state index is 0.0498. The van der Waals surface area contributed by atoms with E-state index in [2.05, 4.69) is 21.3 Å². The highest BCUT2D eigenvalue weighted by Gasteiger charge is 2.23. The van der Waals surface area contributed by atoms with Gasteiger partial charge in [0.15, 0.2) is 0 Å². The minimum Gasteiger partial charge on any atom is -0.355 e. The van der Waals surface area contributed by atoms with Gasteiger partial charge >= 0.3 is 0 Å². The van der Waals surface area contributed by atoms with Gasteiger partial charge in [0.2, 0.25) is 11.8 Å². The monoisotopic (exact) mass is 380 g/mol. The number of hydrogen-bond acceptors (Lipinski definition) is 4. The fourth-order valence-electron chi connectivity index (χ4n) is 4.26. The SMILES string of the molecule is CCCNC(=O)CNC(=O)C(CCC1CCNCC1)CCC1CCNCC1. The van der Waals surface area contributed by atoms with Crippen molar-refractivity contribution in [3.8, 4) is 0 Å². The number of rotatable bonds is 11. The van der Waals surface area contributed by atoms with Crippen molar-refractivity contribution in [3.63, 3.8) is 0 Å². The van der Waals surface area contributed by atoms with Crippen LogP contribution in [0, 0.1) is 17.8 Å². The Hall–Kier alpha value is -1.14. The Morgan fingerprint density at radius 3 is 1.89 bits per heavy atom. The predicted octanol–water partition coefficient (Wildman–Crippen LogP) is 1.80. The maximum absolute atomic E-state index is 12.8. The molecule has 0 radical (unpaired) electrons. The van der Waals surface area contributed by atoms with E-state index in [4.69, 9.17) is 0 Å². The predicted molar refractivity (Wildman–Crippen MR) is 109 cm³/mol. The van der Waals surface area contributed by atoms with Crippen molar-refractivity contribution >= 4 is 11.8 Å². The van der Waals surface area contributed by atoms with Crippen molar-refractivity contribution < 1.29 is 9.59 Å². The maximum atomic E-state index is 12.8. The molecule has 156 valence electrons. The summed E-state index contributed by atoms with van der Waals surface area (Å²) in [7, 11) is 0. The van der Waals surface area contributed by atoms with E-state index in [1.54, 1.807) is 0 Å². The van der Waals surface area contributed by atoms with E-state index in [0.717, 1.165) is 70.1 Å². The van der Waals surface area contributed by atoms with Crippen LogP contribution < -0.4 is 21.3 Å². The van der Waals surface area contributed by atoms with Gasteiger partial charge in [-0.2, -0.15) is 0 Å². The molecule has 0 saturated carbocycles. The summed E-state index contributed by atoms with van der Waals surface area (Å²) in [5.41, 5.74) is 0. The zero-order chi connectivity index (χ0) is 19.3. The van der Waals surface area contributed by atoms with E-state index in [1.165, 1.54) is 25.7 Å². The minimum atomic E-state index is -0.0827. The Morgan fingerprint density at radius 1 is 0.889 bits per heavy atom. The second kappa shape index (κ2) is 13.1. The van der Waals surface area contributed by atoms with Gasteiger partial charge in [-0.25, -0.2) is 0 Å². The maximum Gasteiger partial charge on any atom is 0.239 e. The van der Waals surface area contributed by atoms with Crippen LogP contribution in [-0.4, -0.2) is 51.1 Å². The molecule has 0 unspecified atom stereocenters. The van der Waals surface area contributed by atoms with Gasteiger partial charge in [-0.1, -0.05) is 6.92 Å². The lowest BCUT2D eigenvalue weighted by Gasteiger charge is -2.27.